The number of benzene rings is 2. The summed E-state index contributed by atoms with van der Waals surface area (Å²) in [5.41, 5.74) is 8.91. The summed E-state index contributed by atoms with van der Waals surface area (Å²) < 4.78 is 1.31. The molecule has 218 valence electrons. The minimum Gasteiger partial charge on any atom is -0.0654 e. The van der Waals surface area contributed by atoms with Crippen molar-refractivity contribution >= 4 is 28.1 Å². The molecule has 1 heteroatoms. The lowest BCUT2D eigenvalue weighted by atomic mass is 9.93. The van der Waals surface area contributed by atoms with Gasteiger partial charge >= 0.3 is 0 Å². The Kier molecular flexibility index (Phi) is 18.6. The van der Waals surface area contributed by atoms with Gasteiger partial charge in [-0.15, -0.1) is 0 Å². The molecule has 0 saturated carbocycles. The van der Waals surface area contributed by atoms with Crippen LogP contribution in [-0.2, 0) is 25.7 Å². The maximum atomic E-state index is 3.94. The molecule has 0 fully saturated rings. The molecule has 0 unspecified atom stereocenters. The van der Waals surface area contributed by atoms with E-state index in [-0.39, 0.29) is 0 Å². The van der Waals surface area contributed by atoms with Crippen LogP contribution in [0.5, 0.6) is 0 Å². The summed E-state index contributed by atoms with van der Waals surface area (Å²) in [6.45, 7) is 9.20. The van der Waals surface area contributed by atoms with Crippen molar-refractivity contribution in [1.29, 1.82) is 0 Å². The molecule has 0 bridgehead atoms. The van der Waals surface area contributed by atoms with E-state index in [4.69, 9.17) is 0 Å². The van der Waals surface area contributed by atoms with Gasteiger partial charge in [-0.3, -0.25) is 0 Å². The lowest BCUT2D eigenvalue weighted by Gasteiger charge is -2.13. The molecule has 0 aliphatic heterocycles. The number of aryl methyl sites for hydroxylation is 4. The topological polar surface area (TPSA) is 0 Å². The van der Waals surface area contributed by atoms with Crippen molar-refractivity contribution in [3.8, 4) is 0 Å². The Morgan fingerprint density at radius 3 is 1.46 bits per heavy atom. The molecule has 0 saturated heterocycles. The van der Waals surface area contributed by atoms with Gasteiger partial charge in [0.2, 0.25) is 0 Å². The van der Waals surface area contributed by atoms with Crippen LogP contribution in [-0.4, -0.2) is 0 Å². The first-order chi connectivity index (χ1) is 19.1. The maximum Gasteiger partial charge on any atom is 0.0210 e. The second-order valence-electron chi connectivity index (χ2n) is 11.8. The van der Waals surface area contributed by atoms with Crippen molar-refractivity contribution in [2.45, 2.75) is 156 Å². The van der Waals surface area contributed by atoms with Crippen LogP contribution in [0.15, 0.2) is 34.8 Å². The van der Waals surface area contributed by atoms with Gasteiger partial charge in [0.15, 0.2) is 0 Å². The first-order valence-electron chi connectivity index (χ1n) is 16.7. The van der Waals surface area contributed by atoms with Crippen LogP contribution in [0.1, 0.15) is 164 Å². The van der Waals surface area contributed by atoms with Crippen molar-refractivity contribution in [2.75, 3.05) is 0 Å². The third kappa shape index (κ3) is 13.7. The Bertz CT molecular complexity index is 938. The Morgan fingerprint density at radius 1 is 0.462 bits per heavy atom. The molecular weight excluding hydrogens is 536 g/mol. The number of rotatable bonds is 22. The van der Waals surface area contributed by atoms with Crippen LogP contribution >= 0.6 is 15.9 Å². The normalized spacial score (nSPS) is 11.6. The summed E-state index contributed by atoms with van der Waals surface area (Å²) in [4.78, 5) is 0. The molecule has 2 aromatic rings. The highest BCUT2D eigenvalue weighted by Gasteiger charge is 2.09. The number of hydrogen-bond donors (Lipinski definition) is 0. The van der Waals surface area contributed by atoms with Gasteiger partial charge in [-0.25, -0.2) is 0 Å². The molecule has 0 radical (unpaired) electrons. The van der Waals surface area contributed by atoms with E-state index in [0.717, 1.165) is 0 Å². The van der Waals surface area contributed by atoms with E-state index in [1.165, 1.54) is 166 Å². The Labute approximate surface area is 251 Å². The van der Waals surface area contributed by atoms with E-state index in [0.29, 0.717) is 0 Å². The maximum absolute atomic E-state index is 3.94. The van der Waals surface area contributed by atoms with Crippen molar-refractivity contribution in [3.05, 3.63) is 68.2 Å². The highest BCUT2D eigenvalue weighted by atomic mass is 79.9. The van der Waals surface area contributed by atoms with Gasteiger partial charge in [0, 0.05) is 4.47 Å². The predicted octanol–water partition coefficient (Wildman–Crippen LogP) is 13.1. The third-order valence-corrected chi connectivity index (χ3v) is 8.92. The van der Waals surface area contributed by atoms with E-state index in [9.17, 15) is 0 Å². The van der Waals surface area contributed by atoms with E-state index in [1.807, 2.05) is 0 Å². The van der Waals surface area contributed by atoms with Crippen molar-refractivity contribution < 1.29 is 0 Å². The second kappa shape index (κ2) is 21.4. The Hall–Kier alpha value is -1.34. The van der Waals surface area contributed by atoms with Gasteiger partial charge < -0.3 is 0 Å². The number of unbranched alkanes of at least 4 members (excludes halogenated alkanes) is 12. The molecule has 0 heterocycles. The van der Waals surface area contributed by atoms with Crippen LogP contribution in [0.2, 0.25) is 0 Å². The summed E-state index contributed by atoms with van der Waals surface area (Å²) in [5, 5.41) is 0. The Balaban J connectivity index is 2.31. The monoisotopic (exact) mass is 594 g/mol. The molecule has 2 rings (SSSR count). The quantitative estimate of drug-likeness (QED) is 0.0938. The van der Waals surface area contributed by atoms with Gasteiger partial charge in [-0.05, 0) is 90.8 Å². The molecule has 0 nitrogen and oxygen atoms in total. The molecule has 39 heavy (non-hydrogen) atoms. The van der Waals surface area contributed by atoms with E-state index < -0.39 is 0 Å². The molecule has 0 spiro atoms. The first-order valence-corrected chi connectivity index (χ1v) is 17.5. The van der Waals surface area contributed by atoms with Crippen LogP contribution in [0.3, 0.4) is 0 Å². The van der Waals surface area contributed by atoms with Crippen molar-refractivity contribution in [1.82, 2.24) is 0 Å². The lowest BCUT2D eigenvalue weighted by molar-refractivity contribution is 0.662. The summed E-state index contributed by atoms with van der Waals surface area (Å²) in [5.74, 6) is 0. The summed E-state index contributed by atoms with van der Waals surface area (Å²) in [6.07, 6.45) is 30.8. The second-order valence-corrected chi connectivity index (χ2v) is 12.6. The number of hydrogen-bond acceptors (Lipinski definition) is 0. The van der Waals surface area contributed by atoms with E-state index in [1.54, 1.807) is 0 Å². The van der Waals surface area contributed by atoms with Crippen LogP contribution < -0.4 is 0 Å². The van der Waals surface area contributed by atoms with E-state index in [2.05, 4.69) is 86.1 Å². The zero-order chi connectivity index (χ0) is 28.1. The van der Waals surface area contributed by atoms with Crippen LogP contribution in [0.25, 0.3) is 12.2 Å². The highest BCUT2D eigenvalue weighted by Crippen LogP contribution is 2.28. The predicted molar refractivity (Wildman–Crippen MR) is 181 cm³/mol. The summed E-state index contributed by atoms with van der Waals surface area (Å²) >= 11 is 3.94. The molecule has 0 aliphatic carbocycles. The lowest BCUT2D eigenvalue weighted by Crippen LogP contribution is -1.97. The smallest absolute Gasteiger partial charge is 0.0210 e. The molecule has 2 aromatic carbocycles. The zero-order valence-corrected chi connectivity index (χ0v) is 27.6. The minimum absolute atomic E-state index is 1.17. The van der Waals surface area contributed by atoms with Gasteiger partial charge in [0.05, 0.1) is 0 Å². The highest BCUT2D eigenvalue weighted by molar-refractivity contribution is 9.10. The zero-order valence-electron chi connectivity index (χ0n) is 26.1. The first kappa shape index (κ1) is 33.9. The van der Waals surface area contributed by atoms with Crippen LogP contribution in [0, 0.1) is 0 Å². The fourth-order valence-electron chi connectivity index (χ4n) is 5.59. The Morgan fingerprint density at radius 2 is 0.923 bits per heavy atom. The average Bonchev–Trinajstić information content (AvgIpc) is 2.94. The minimum atomic E-state index is 1.17. The largest absolute Gasteiger partial charge is 0.0654 e. The van der Waals surface area contributed by atoms with E-state index >= 15 is 0 Å². The fraction of sp³-hybridized carbons (Fsp3) is 0.632. The van der Waals surface area contributed by atoms with Crippen molar-refractivity contribution in [2.24, 2.45) is 0 Å². The molecule has 0 atom stereocenters. The SMILES string of the molecule is CCCCCCc1ccc(CCCCCC)c(/C=C/c2cc(CCCCCC)c(Br)cc2CCCCCC)c1. The van der Waals surface area contributed by atoms with Gasteiger partial charge in [-0.2, -0.15) is 0 Å². The summed E-state index contributed by atoms with van der Waals surface area (Å²) in [7, 11) is 0. The van der Waals surface area contributed by atoms with Crippen LogP contribution in [0.4, 0.5) is 0 Å². The van der Waals surface area contributed by atoms with Crippen molar-refractivity contribution in [3.63, 3.8) is 0 Å². The van der Waals surface area contributed by atoms with Gasteiger partial charge in [0.25, 0.3) is 0 Å². The number of halogens is 1. The molecule has 0 N–H and O–H groups in total. The molecule has 0 aromatic heterocycles. The van der Waals surface area contributed by atoms with Gasteiger partial charge in [0.1, 0.15) is 0 Å². The third-order valence-electron chi connectivity index (χ3n) is 8.18. The molecular formula is C38H59Br. The molecule has 0 amide bonds. The fourth-order valence-corrected chi connectivity index (χ4v) is 6.18. The molecule has 0 aliphatic rings. The summed E-state index contributed by atoms with van der Waals surface area (Å²) in [6, 6.07) is 12.3. The average molecular weight is 596 g/mol. The van der Waals surface area contributed by atoms with Gasteiger partial charge in [-0.1, -0.05) is 157 Å². The standard InChI is InChI=1S/C38H59Br/c1-5-9-13-17-21-32-25-26-33(22-18-14-10-6-2)35(29-32)27-28-36-30-37(24-20-16-12-8-4)38(39)31-34(36)23-19-15-11-7-3/h25-31H,5-24H2,1-4H3/b28-27+.